The van der Waals surface area contributed by atoms with E-state index in [9.17, 15) is 14.4 Å². The molecule has 1 fully saturated rings. The number of ketones is 1. The number of rotatable bonds is 6. The summed E-state index contributed by atoms with van der Waals surface area (Å²) in [5.74, 6) is -0.467. The summed E-state index contributed by atoms with van der Waals surface area (Å²) < 4.78 is 1.92. The maximum absolute atomic E-state index is 12.5. The van der Waals surface area contributed by atoms with E-state index in [4.69, 9.17) is 0 Å². The zero-order chi connectivity index (χ0) is 21.8. The summed E-state index contributed by atoms with van der Waals surface area (Å²) in [7, 11) is 0. The van der Waals surface area contributed by atoms with Crippen LogP contribution in [-0.4, -0.2) is 45.0 Å². The van der Waals surface area contributed by atoms with E-state index in [1.807, 2.05) is 53.2 Å². The Morgan fingerprint density at radius 3 is 2.52 bits per heavy atom. The van der Waals surface area contributed by atoms with Crippen LogP contribution in [0.4, 0.5) is 0 Å². The number of hydrogen-bond donors (Lipinski definition) is 1. The summed E-state index contributed by atoms with van der Waals surface area (Å²) >= 11 is 0. The number of carbonyl (C=O) groups excluding carboxylic acids is 3. The predicted octanol–water partition coefficient (Wildman–Crippen LogP) is 2.95. The Morgan fingerprint density at radius 1 is 1.06 bits per heavy atom. The van der Waals surface area contributed by atoms with Crippen molar-refractivity contribution in [3.8, 4) is 0 Å². The number of aromatic nitrogens is 2. The summed E-state index contributed by atoms with van der Waals surface area (Å²) in [6.07, 6.45) is 7.45. The maximum atomic E-state index is 12.5. The van der Waals surface area contributed by atoms with Crippen LogP contribution in [0, 0.1) is 0 Å². The molecule has 0 aliphatic carbocycles. The van der Waals surface area contributed by atoms with E-state index in [2.05, 4.69) is 10.3 Å². The van der Waals surface area contributed by atoms with Crippen molar-refractivity contribution < 1.29 is 14.4 Å². The largest absolute Gasteiger partial charge is 0.348 e. The van der Waals surface area contributed by atoms with Crippen molar-refractivity contribution in [3.63, 3.8) is 0 Å². The van der Waals surface area contributed by atoms with Gasteiger partial charge in [0.1, 0.15) is 5.65 Å². The molecule has 2 aromatic heterocycles. The molecule has 0 spiro atoms. The molecule has 1 aliphatic heterocycles. The van der Waals surface area contributed by atoms with E-state index in [1.165, 1.54) is 0 Å². The minimum absolute atomic E-state index is 0.117. The van der Waals surface area contributed by atoms with E-state index in [0.29, 0.717) is 31.1 Å². The molecule has 2 amide bonds. The minimum Gasteiger partial charge on any atom is -0.348 e. The molecular weight excluding hydrogens is 392 g/mol. The number of pyridine rings is 1. The normalized spacial score (nSPS) is 14.5. The molecular formula is C24H26N4O3. The van der Waals surface area contributed by atoms with Crippen molar-refractivity contribution >= 4 is 23.2 Å². The van der Waals surface area contributed by atoms with Crippen LogP contribution in [0.3, 0.4) is 0 Å². The summed E-state index contributed by atoms with van der Waals surface area (Å²) in [4.78, 5) is 42.1. The van der Waals surface area contributed by atoms with Gasteiger partial charge < -0.3 is 14.6 Å². The summed E-state index contributed by atoms with van der Waals surface area (Å²) in [6.45, 7) is 3.34. The molecule has 0 saturated carbocycles. The average Bonchev–Trinajstić information content (AvgIpc) is 3.29. The lowest BCUT2D eigenvalue weighted by Crippen LogP contribution is -2.41. The monoisotopic (exact) mass is 418 g/mol. The molecule has 3 aromatic rings. The van der Waals surface area contributed by atoms with Gasteiger partial charge in [0, 0.05) is 50.2 Å². The van der Waals surface area contributed by atoms with Crippen LogP contribution in [0.25, 0.3) is 5.65 Å². The smallest absolute Gasteiger partial charge is 0.289 e. The van der Waals surface area contributed by atoms with Crippen molar-refractivity contribution in [2.75, 3.05) is 13.1 Å². The molecule has 1 saturated heterocycles. The van der Waals surface area contributed by atoms with Gasteiger partial charge in [-0.1, -0.05) is 19.1 Å². The number of nitrogens with one attached hydrogen (secondary N) is 1. The second kappa shape index (κ2) is 9.12. The van der Waals surface area contributed by atoms with E-state index in [0.717, 1.165) is 29.6 Å². The lowest BCUT2D eigenvalue weighted by atomic mass is 9.89. The maximum Gasteiger partial charge on any atom is 0.289 e. The lowest BCUT2D eigenvalue weighted by molar-refractivity contribution is -0.145. The molecule has 0 radical (unpaired) electrons. The van der Waals surface area contributed by atoms with E-state index in [-0.39, 0.29) is 24.0 Å². The standard InChI is InChI=1S/C24H26N4O3/c1-2-21(29)24(31)28-12-8-19(9-13-28)18-3-5-20(6-4-18)23(30)26-16-17-7-11-27-14-10-25-22(27)15-17/h3-7,10-11,14-15,19H,2,8-9,12-13,16H2,1H3,(H,26,30). The van der Waals surface area contributed by atoms with Gasteiger partial charge in [0.2, 0.25) is 5.78 Å². The van der Waals surface area contributed by atoms with E-state index < -0.39 is 0 Å². The van der Waals surface area contributed by atoms with Crippen LogP contribution in [-0.2, 0) is 16.1 Å². The van der Waals surface area contributed by atoms with Crippen LogP contribution in [0.1, 0.15) is 53.6 Å². The van der Waals surface area contributed by atoms with Gasteiger partial charge in [-0.3, -0.25) is 14.4 Å². The third-order valence-electron chi connectivity index (χ3n) is 5.90. The van der Waals surface area contributed by atoms with Crippen molar-refractivity contribution in [2.45, 2.75) is 38.6 Å². The molecule has 0 bridgehead atoms. The van der Waals surface area contributed by atoms with Gasteiger partial charge in [-0.25, -0.2) is 4.98 Å². The number of benzene rings is 1. The molecule has 7 heteroatoms. The summed E-state index contributed by atoms with van der Waals surface area (Å²) in [6, 6.07) is 11.6. The van der Waals surface area contributed by atoms with Gasteiger partial charge in [-0.2, -0.15) is 0 Å². The van der Waals surface area contributed by atoms with Gasteiger partial charge in [0.25, 0.3) is 11.8 Å². The third-order valence-corrected chi connectivity index (χ3v) is 5.90. The highest BCUT2D eigenvalue weighted by atomic mass is 16.2. The number of Topliss-reactive ketones (excluding diaryl/α,β-unsaturated/α-hetero) is 1. The van der Waals surface area contributed by atoms with Crippen LogP contribution in [0.2, 0.25) is 0 Å². The number of nitrogens with zero attached hydrogens (tertiary/aromatic N) is 3. The van der Waals surface area contributed by atoms with Crippen LogP contribution >= 0.6 is 0 Å². The minimum atomic E-state index is -0.361. The fraction of sp³-hybridized carbons (Fsp3) is 0.333. The van der Waals surface area contributed by atoms with Crippen molar-refractivity contribution in [2.24, 2.45) is 0 Å². The van der Waals surface area contributed by atoms with Crippen LogP contribution in [0.15, 0.2) is 55.0 Å². The lowest BCUT2D eigenvalue weighted by Gasteiger charge is -2.31. The second-order valence-corrected chi connectivity index (χ2v) is 7.88. The zero-order valence-electron chi connectivity index (χ0n) is 17.6. The Bertz CT molecular complexity index is 1100. The fourth-order valence-corrected chi connectivity index (χ4v) is 4.00. The first-order valence-corrected chi connectivity index (χ1v) is 10.7. The first-order valence-electron chi connectivity index (χ1n) is 10.7. The van der Waals surface area contributed by atoms with E-state index in [1.54, 1.807) is 18.0 Å². The van der Waals surface area contributed by atoms with Crippen LogP contribution in [0.5, 0.6) is 0 Å². The number of piperidine rings is 1. The van der Waals surface area contributed by atoms with Gasteiger partial charge >= 0.3 is 0 Å². The second-order valence-electron chi connectivity index (χ2n) is 7.88. The molecule has 3 heterocycles. The first-order chi connectivity index (χ1) is 15.0. The topological polar surface area (TPSA) is 83.8 Å². The van der Waals surface area contributed by atoms with Gasteiger partial charge in [0.05, 0.1) is 0 Å². The Hall–Kier alpha value is -3.48. The molecule has 31 heavy (non-hydrogen) atoms. The molecule has 4 rings (SSSR count). The van der Waals surface area contributed by atoms with Gasteiger partial charge in [-0.15, -0.1) is 0 Å². The Balaban J connectivity index is 1.31. The van der Waals surface area contributed by atoms with Crippen molar-refractivity contribution in [1.82, 2.24) is 19.6 Å². The number of carbonyl (C=O) groups is 3. The predicted molar refractivity (Wildman–Crippen MR) is 117 cm³/mol. The average molecular weight is 418 g/mol. The summed E-state index contributed by atoms with van der Waals surface area (Å²) in [5, 5.41) is 2.95. The fourth-order valence-electron chi connectivity index (χ4n) is 4.00. The number of hydrogen-bond acceptors (Lipinski definition) is 4. The number of fused-ring (bicyclic) bond motifs is 1. The highest BCUT2D eigenvalue weighted by Gasteiger charge is 2.26. The quantitative estimate of drug-likeness (QED) is 0.624. The molecule has 1 N–H and O–H groups in total. The van der Waals surface area contributed by atoms with Gasteiger partial charge in [-0.05, 0) is 54.2 Å². The number of likely N-dealkylation sites (tertiary alicyclic amines) is 1. The SMILES string of the molecule is CCC(=O)C(=O)N1CCC(c2ccc(C(=O)NCc3ccn4ccnc4c3)cc2)CC1. The van der Waals surface area contributed by atoms with E-state index >= 15 is 0 Å². The Labute approximate surface area is 181 Å². The highest BCUT2D eigenvalue weighted by Crippen LogP contribution is 2.28. The molecule has 7 nitrogen and oxygen atoms in total. The molecule has 160 valence electrons. The van der Waals surface area contributed by atoms with Crippen molar-refractivity contribution in [1.29, 1.82) is 0 Å². The molecule has 0 atom stereocenters. The summed E-state index contributed by atoms with van der Waals surface area (Å²) in [5.41, 5.74) is 3.62. The third kappa shape index (κ3) is 4.66. The van der Waals surface area contributed by atoms with Crippen molar-refractivity contribution in [3.05, 3.63) is 71.7 Å². The highest BCUT2D eigenvalue weighted by molar-refractivity contribution is 6.35. The Kier molecular flexibility index (Phi) is 6.11. The van der Waals surface area contributed by atoms with Gasteiger partial charge in [0.15, 0.2) is 0 Å². The first kappa shape index (κ1) is 20.8. The van der Waals surface area contributed by atoms with Crippen LogP contribution < -0.4 is 5.32 Å². The Morgan fingerprint density at radius 2 is 1.81 bits per heavy atom. The number of imidazole rings is 1. The molecule has 1 aliphatic rings. The zero-order valence-corrected chi connectivity index (χ0v) is 17.6. The number of amides is 2. The molecule has 0 unspecified atom stereocenters. The molecule has 1 aromatic carbocycles.